The van der Waals surface area contributed by atoms with Crippen molar-refractivity contribution in [2.45, 2.75) is 37.8 Å². The highest BCUT2D eigenvalue weighted by Gasteiger charge is 2.39. The van der Waals surface area contributed by atoms with E-state index in [2.05, 4.69) is 5.32 Å². The first-order valence-corrected chi connectivity index (χ1v) is 11.3. The Labute approximate surface area is 177 Å². The fourth-order valence-electron chi connectivity index (χ4n) is 3.68. The molecule has 0 radical (unpaired) electrons. The van der Waals surface area contributed by atoms with E-state index in [4.69, 9.17) is 0 Å². The Morgan fingerprint density at radius 3 is 2.07 bits per heavy atom. The second-order valence-corrected chi connectivity index (χ2v) is 9.60. The zero-order valence-electron chi connectivity index (χ0n) is 17.0. The molecule has 30 heavy (non-hydrogen) atoms. The van der Waals surface area contributed by atoms with Crippen molar-refractivity contribution in [2.24, 2.45) is 0 Å². The zero-order valence-corrected chi connectivity index (χ0v) is 17.8. The minimum absolute atomic E-state index is 0.165. The van der Waals surface area contributed by atoms with Gasteiger partial charge in [0, 0.05) is 12.2 Å². The van der Waals surface area contributed by atoms with Gasteiger partial charge in [-0.25, -0.2) is 8.42 Å². The number of carbonyl (C=O) groups is 1. The van der Waals surface area contributed by atoms with Crippen molar-refractivity contribution in [2.75, 3.05) is 5.32 Å². The summed E-state index contributed by atoms with van der Waals surface area (Å²) in [5.74, 6) is -0.330. The van der Waals surface area contributed by atoms with Crippen molar-refractivity contribution in [3.63, 3.8) is 0 Å². The highest BCUT2D eigenvalue weighted by molar-refractivity contribution is 7.89. The van der Waals surface area contributed by atoms with E-state index < -0.39 is 16.1 Å². The number of sulfonamides is 1. The van der Waals surface area contributed by atoms with Crippen LogP contribution < -0.4 is 5.32 Å². The number of fused-ring (bicyclic) bond motifs is 1. The molecule has 1 aliphatic heterocycles. The van der Waals surface area contributed by atoms with Crippen LogP contribution in [-0.2, 0) is 27.8 Å². The van der Waals surface area contributed by atoms with Crippen LogP contribution in [-0.4, -0.2) is 24.7 Å². The first-order valence-electron chi connectivity index (χ1n) is 9.87. The number of amides is 1. The number of hydrogen-bond donors (Lipinski definition) is 1. The molecule has 0 bridgehead atoms. The van der Waals surface area contributed by atoms with Gasteiger partial charge in [-0.2, -0.15) is 4.31 Å². The fraction of sp³-hybridized carbons (Fsp3) is 0.208. The van der Waals surface area contributed by atoms with Crippen molar-refractivity contribution in [1.29, 1.82) is 0 Å². The van der Waals surface area contributed by atoms with Crippen LogP contribution in [0.2, 0.25) is 0 Å². The fourth-order valence-corrected chi connectivity index (χ4v) is 5.25. The molecule has 0 saturated carbocycles. The van der Waals surface area contributed by atoms with Crippen LogP contribution in [0.1, 0.15) is 22.3 Å². The van der Waals surface area contributed by atoms with E-state index in [-0.39, 0.29) is 17.3 Å². The third-order valence-electron chi connectivity index (χ3n) is 5.45. The molecule has 0 aromatic heterocycles. The largest absolute Gasteiger partial charge is 0.325 e. The average molecular weight is 421 g/mol. The first kappa shape index (κ1) is 20.3. The average Bonchev–Trinajstić information content (AvgIpc) is 2.74. The van der Waals surface area contributed by atoms with Gasteiger partial charge in [0.15, 0.2) is 0 Å². The van der Waals surface area contributed by atoms with Crippen molar-refractivity contribution in [1.82, 2.24) is 4.31 Å². The van der Waals surface area contributed by atoms with Gasteiger partial charge in [-0.15, -0.1) is 0 Å². The summed E-state index contributed by atoms with van der Waals surface area (Å²) in [6.45, 7) is 4.04. The predicted molar refractivity (Wildman–Crippen MR) is 118 cm³/mol. The molecule has 1 N–H and O–H groups in total. The van der Waals surface area contributed by atoms with Crippen molar-refractivity contribution in [3.8, 4) is 0 Å². The van der Waals surface area contributed by atoms with Gasteiger partial charge in [0.25, 0.3) is 0 Å². The zero-order chi connectivity index (χ0) is 21.3. The molecule has 0 fully saturated rings. The molecule has 1 unspecified atom stereocenters. The van der Waals surface area contributed by atoms with E-state index in [1.807, 2.05) is 62.4 Å². The Balaban J connectivity index is 1.70. The Kier molecular flexibility index (Phi) is 5.45. The SMILES string of the molecule is Cc1ccc(NC(=O)C2Cc3ccccc3CN2S(=O)(=O)c2ccc(C)cc2)cc1. The van der Waals surface area contributed by atoms with Gasteiger partial charge >= 0.3 is 0 Å². The summed E-state index contributed by atoms with van der Waals surface area (Å²) in [4.78, 5) is 13.4. The summed E-state index contributed by atoms with van der Waals surface area (Å²) >= 11 is 0. The number of nitrogens with zero attached hydrogens (tertiary/aromatic N) is 1. The van der Waals surface area contributed by atoms with Crippen molar-refractivity contribution in [3.05, 3.63) is 95.1 Å². The molecule has 1 atom stereocenters. The Morgan fingerprint density at radius 2 is 1.43 bits per heavy atom. The predicted octanol–water partition coefficient (Wildman–Crippen LogP) is 4.06. The van der Waals surface area contributed by atoms with Crippen LogP contribution in [0, 0.1) is 13.8 Å². The van der Waals surface area contributed by atoms with Gasteiger partial charge in [-0.05, 0) is 55.7 Å². The van der Waals surface area contributed by atoms with Gasteiger partial charge in [0.2, 0.25) is 15.9 Å². The quantitative estimate of drug-likeness (QED) is 0.692. The molecule has 4 rings (SSSR count). The maximum absolute atomic E-state index is 13.5. The molecule has 3 aromatic carbocycles. The highest BCUT2D eigenvalue weighted by atomic mass is 32.2. The molecule has 6 heteroatoms. The number of nitrogens with one attached hydrogen (secondary N) is 1. The van der Waals surface area contributed by atoms with Gasteiger partial charge in [0.05, 0.1) is 4.90 Å². The number of anilines is 1. The lowest BCUT2D eigenvalue weighted by Gasteiger charge is -2.35. The van der Waals surface area contributed by atoms with Gasteiger partial charge < -0.3 is 5.32 Å². The second-order valence-electron chi connectivity index (χ2n) is 7.71. The van der Waals surface area contributed by atoms with Crippen LogP contribution >= 0.6 is 0 Å². The Morgan fingerprint density at radius 1 is 0.867 bits per heavy atom. The van der Waals surface area contributed by atoms with Crippen LogP contribution in [0.5, 0.6) is 0 Å². The summed E-state index contributed by atoms with van der Waals surface area (Å²) in [6.07, 6.45) is 0.332. The summed E-state index contributed by atoms with van der Waals surface area (Å²) in [7, 11) is -3.84. The number of carbonyl (C=O) groups excluding carboxylic acids is 1. The molecular formula is C24H24N2O3S. The number of hydrogen-bond acceptors (Lipinski definition) is 3. The van der Waals surface area contributed by atoms with E-state index in [0.29, 0.717) is 12.1 Å². The van der Waals surface area contributed by atoms with Crippen LogP contribution in [0.3, 0.4) is 0 Å². The monoisotopic (exact) mass is 420 g/mol. The lowest BCUT2D eigenvalue weighted by molar-refractivity contribution is -0.120. The van der Waals surface area contributed by atoms with E-state index in [1.165, 1.54) is 4.31 Å². The molecular weight excluding hydrogens is 396 g/mol. The molecule has 0 saturated heterocycles. The van der Waals surface area contributed by atoms with Crippen LogP contribution in [0.4, 0.5) is 5.69 Å². The Hall–Kier alpha value is -2.96. The summed E-state index contributed by atoms with van der Waals surface area (Å²) < 4.78 is 28.3. The first-order chi connectivity index (χ1) is 14.3. The molecule has 0 aliphatic carbocycles. The van der Waals surface area contributed by atoms with Gasteiger partial charge in [-0.1, -0.05) is 59.7 Å². The molecule has 1 heterocycles. The van der Waals surface area contributed by atoms with E-state index in [1.54, 1.807) is 24.3 Å². The summed E-state index contributed by atoms with van der Waals surface area (Å²) in [5, 5.41) is 2.89. The smallest absolute Gasteiger partial charge is 0.244 e. The number of rotatable bonds is 4. The van der Waals surface area contributed by atoms with Crippen LogP contribution in [0.25, 0.3) is 0 Å². The molecule has 154 valence electrons. The minimum atomic E-state index is -3.84. The van der Waals surface area contributed by atoms with Crippen molar-refractivity contribution < 1.29 is 13.2 Å². The molecule has 5 nitrogen and oxygen atoms in total. The maximum Gasteiger partial charge on any atom is 0.244 e. The highest BCUT2D eigenvalue weighted by Crippen LogP contribution is 2.30. The Bertz CT molecular complexity index is 1170. The number of aryl methyl sites for hydroxylation is 2. The van der Waals surface area contributed by atoms with Gasteiger partial charge in [0.1, 0.15) is 6.04 Å². The molecule has 1 amide bonds. The van der Waals surface area contributed by atoms with Crippen LogP contribution in [0.15, 0.2) is 77.7 Å². The third kappa shape index (κ3) is 4.01. The summed E-state index contributed by atoms with van der Waals surface area (Å²) in [5.41, 5.74) is 4.64. The lowest BCUT2D eigenvalue weighted by Crippen LogP contribution is -2.50. The molecule has 3 aromatic rings. The molecule has 1 aliphatic rings. The lowest BCUT2D eigenvalue weighted by atomic mass is 9.95. The maximum atomic E-state index is 13.5. The minimum Gasteiger partial charge on any atom is -0.325 e. The number of benzene rings is 3. The summed E-state index contributed by atoms with van der Waals surface area (Å²) in [6, 6.07) is 21.1. The third-order valence-corrected chi connectivity index (χ3v) is 7.32. The van der Waals surface area contributed by atoms with E-state index >= 15 is 0 Å². The topological polar surface area (TPSA) is 66.5 Å². The van der Waals surface area contributed by atoms with E-state index in [9.17, 15) is 13.2 Å². The van der Waals surface area contributed by atoms with Crippen molar-refractivity contribution >= 4 is 21.6 Å². The van der Waals surface area contributed by atoms with Gasteiger partial charge in [-0.3, -0.25) is 4.79 Å². The normalized spacial score (nSPS) is 16.7. The molecule has 0 spiro atoms. The second kappa shape index (κ2) is 8.05. The standard InChI is InChI=1S/C24H24N2O3S/c1-17-7-11-21(12-8-17)25-24(27)23-15-19-5-3-4-6-20(19)16-26(23)30(28,29)22-13-9-18(2)10-14-22/h3-14,23H,15-16H2,1-2H3,(H,25,27). The van der Waals surface area contributed by atoms with E-state index in [0.717, 1.165) is 22.3 Å².